The van der Waals surface area contributed by atoms with Gasteiger partial charge in [0, 0.05) is 16.3 Å². The quantitative estimate of drug-likeness (QED) is 0.733. The van der Waals surface area contributed by atoms with Crippen molar-refractivity contribution in [3.05, 3.63) is 47.8 Å². The number of carbonyl (C=O) groups is 1. The van der Waals surface area contributed by atoms with Gasteiger partial charge in [0.05, 0.1) is 12.7 Å². The Labute approximate surface area is 153 Å². The molecule has 1 aliphatic rings. The Morgan fingerprint density at radius 1 is 1.27 bits per heavy atom. The molecule has 0 atom stereocenters. The molecule has 132 valence electrons. The van der Waals surface area contributed by atoms with Gasteiger partial charge >= 0.3 is 0 Å². The highest BCUT2D eigenvalue weighted by atomic mass is 32.2. The first kappa shape index (κ1) is 16.5. The molecule has 1 aliphatic heterocycles. The Balaban J connectivity index is 1.91. The lowest BCUT2D eigenvalue weighted by Crippen LogP contribution is -2.17. The number of aromatic hydroxyl groups is 1. The highest BCUT2D eigenvalue weighted by molar-refractivity contribution is 7.99. The summed E-state index contributed by atoms with van der Waals surface area (Å²) in [6.45, 7) is 0. The number of carbonyl (C=O) groups excluding carboxylic acids is 1. The minimum Gasteiger partial charge on any atom is -0.507 e. The number of aryl methyl sites for hydroxylation is 1. The van der Waals surface area contributed by atoms with Crippen LogP contribution in [0.4, 0.5) is 0 Å². The van der Waals surface area contributed by atoms with Gasteiger partial charge in [-0.05, 0) is 48.4 Å². The molecule has 0 aliphatic carbocycles. The van der Waals surface area contributed by atoms with Gasteiger partial charge in [-0.1, -0.05) is 0 Å². The van der Waals surface area contributed by atoms with Crippen molar-refractivity contribution in [1.29, 1.82) is 0 Å². The van der Waals surface area contributed by atoms with Crippen molar-refractivity contribution in [3.63, 3.8) is 0 Å². The smallest absolute Gasteiger partial charge is 0.287 e. The maximum absolute atomic E-state index is 11.8. The van der Waals surface area contributed by atoms with E-state index in [1.165, 1.54) is 0 Å². The fourth-order valence-electron chi connectivity index (χ4n) is 2.99. The second-order valence-electron chi connectivity index (χ2n) is 5.82. The molecule has 26 heavy (non-hydrogen) atoms. The summed E-state index contributed by atoms with van der Waals surface area (Å²) in [5.74, 6) is 1.42. The standard InChI is InChI=1S/C18H16N4O3S/c1-25-12-4-2-11(3-5-12)22-17(20-21-18(22)16(19)24)13-8-10-6-7-26-15(10)9-14(13)23/h2-5,8-9,23H,6-7H2,1H3,(H2,19,24). The average molecular weight is 368 g/mol. The first-order chi connectivity index (χ1) is 12.6. The molecule has 0 spiro atoms. The summed E-state index contributed by atoms with van der Waals surface area (Å²) in [6.07, 6.45) is 0.923. The number of primary amides is 1. The molecule has 0 radical (unpaired) electrons. The summed E-state index contributed by atoms with van der Waals surface area (Å²) in [6, 6.07) is 10.7. The molecule has 0 fully saturated rings. The van der Waals surface area contributed by atoms with Crippen molar-refractivity contribution in [2.75, 3.05) is 12.9 Å². The number of aromatic nitrogens is 3. The molecule has 0 saturated carbocycles. The van der Waals surface area contributed by atoms with Crippen molar-refractivity contribution in [1.82, 2.24) is 14.8 Å². The summed E-state index contributed by atoms with van der Waals surface area (Å²) >= 11 is 1.71. The number of hydrogen-bond donors (Lipinski definition) is 2. The van der Waals surface area contributed by atoms with Crippen LogP contribution in [0, 0.1) is 0 Å². The summed E-state index contributed by atoms with van der Waals surface area (Å²) < 4.78 is 6.72. The first-order valence-corrected chi connectivity index (χ1v) is 8.95. The Kier molecular flexibility index (Phi) is 4.04. The van der Waals surface area contributed by atoms with E-state index in [-0.39, 0.29) is 11.6 Å². The number of phenolic OH excluding ortho intramolecular Hbond substituents is 1. The third-order valence-electron chi connectivity index (χ3n) is 4.26. The molecule has 3 aromatic rings. The van der Waals surface area contributed by atoms with Crippen molar-refractivity contribution in [2.45, 2.75) is 11.3 Å². The molecular weight excluding hydrogens is 352 g/mol. The molecule has 0 unspecified atom stereocenters. The van der Waals surface area contributed by atoms with Crippen LogP contribution in [-0.2, 0) is 6.42 Å². The van der Waals surface area contributed by atoms with Gasteiger partial charge in [0.25, 0.3) is 5.91 Å². The molecule has 8 heteroatoms. The van der Waals surface area contributed by atoms with Crippen LogP contribution in [0.25, 0.3) is 17.1 Å². The van der Waals surface area contributed by atoms with Gasteiger partial charge in [-0.25, -0.2) is 0 Å². The monoisotopic (exact) mass is 368 g/mol. The Hall–Kier alpha value is -3.00. The number of methoxy groups -OCH3 is 1. The maximum atomic E-state index is 11.8. The van der Waals surface area contributed by atoms with Crippen LogP contribution in [0.5, 0.6) is 11.5 Å². The maximum Gasteiger partial charge on any atom is 0.287 e. The van der Waals surface area contributed by atoms with Crippen LogP contribution in [-0.4, -0.2) is 38.6 Å². The molecule has 1 aromatic heterocycles. The Morgan fingerprint density at radius 3 is 2.73 bits per heavy atom. The number of phenols is 1. The fourth-order valence-corrected chi connectivity index (χ4v) is 4.07. The van der Waals surface area contributed by atoms with Gasteiger partial charge in [0.15, 0.2) is 5.82 Å². The number of ether oxygens (including phenoxy) is 1. The predicted molar refractivity (Wildman–Crippen MR) is 98.0 cm³/mol. The summed E-state index contributed by atoms with van der Waals surface area (Å²) in [5.41, 5.74) is 7.78. The van der Waals surface area contributed by atoms with Crippen molar-refractivity contribution in [3.8, 4) is 28.6 Å². The molecule has 0 saturated heterocycles. The minimum absolute atomic E-state index is 0.000518. The van der Waals surface area contributed by atoms with Crippen molar-refractivity contribution < 1.29 is 14.6 Å². The Bertz CT molecular complexity index is 998. The van der Waals surface area contributed by atoms with Crippen LogP contribution in [0.15, 0.2) is 41.3 Å². The lowest BCUT2D eigenvalue weighted by atomic mass is 10.1. The fraction of sp³-hybridized carbons (Fsp3) is 0.167. The number of fused-ring (bicyclic) bond motifs is 1. The zero-order valence-corrected chi connectivity index (χ0v) is 14.8. The minimum atomic E-state index is -0.698. The van der Waals surface area contributed by atoms with Gasteiger partial charge in [0.1, 0.15) is 11.5 Å². The van der Waals surface area contributed by atoms with E-state index in [1.807, 2.05) is 6.07 Å². The molecular formula is C18H16N4O3S. The number of nitrogens with two attached hydrogens (primary N) is 1. The van der Waals surface area contributed by atoms with Gasteiger partial charge in [-0.2, -0.15) is 0 Å². The normalized spacial score (nSPS) is 12.8. The van der Waals surface area contributed by atoms with Crippen molar-refractivity contribution >= 4 is 17.7 Å². The zero-order chi connectivity index (χ0) is 18.3. The lowest BCUT2D eigenvalue weighted by Gasteiger charge is -2.12. The highest BCUT2D eigenvalue weighted by Gasteiger charge is 2.23. The molecule has 0 bridgehead atoms. The summed E-state index contributed by atoms with van der Waals surface area (Å²) in [5, 5.41) is 18.6. The number of benzene rings is 2. The first-order valence-electron chi connectivity index (χ1n) is 7.97. The largest absolute Gasteiger partial charge is 0.507 e. The van der Waals surface area contributed by atoms with Gasteiger partial charge in [-0.3, -0.25) is 9.36 Å². The van der Waals surface area contributed by atoms with E-state index in [0.29, 0.717) is 22.8 Å². The van der Waals surface area contributed by atoms with Gasteiger partial charge < -0.3 is 15.6 Å². The third-order valence-corrected chi connectivity index (χ3v) is 5.36. The molecule has 1 amide bonds. The van der Waals surface area contributed by atoms with Crippen LogP contribution in [0.2, 0.25) is 0 Å². The van der Waals surface area contributed by atoms with E-state index >= 15 is 0 Å². The van der Waals surface area contributed by atoms with E-state index in [1.54, 1.807) is 53.8 Å². The number of rotatable bonds is 4. The van der Waals surface area contributed by atoms with E-state index < -0.39 is 5.91 Å². The van der Waals surface area contributed by atoms with Gasteiger partial charge in [-0.15, -0.1) is 22.0 Å². The summed E-state index contributed by atoms with van der Waals surface area (Å²) in [4.78, 5) is 12.9. The van der Waals surface area contributed by atoms with Crippen LogP contribution in [0.3, 0.4) is 0 Å². The number of amides is 1. The Morgan fingerprint density at radius 2 is 2.04 bits per heavy atom. The van der Waals surface area contributed by atoms with E-state index in [4.69, 9.17) is 10.5 Å². The highest BCUT2D eigenvalue weighted by Crippen LogP contribution is 2.40. The van der Waals surface area contributed by atoms with E-state index in [0.717, 1.165) is 22.6 Å². The molecule has 4 rings (SSSR count). The molecule has 2 heterocycles. The molecule has 3 N–H and O–H groups in total. The van der Waals surface area contributed by atoms with Crippen molar-refractivity contribution in [2.24, 2.45) is 5.73 Å². The number of hydrogen-bond acceptors (Lipinski definition) is 6. The van der Waals surface area contributed by atoms with Crippen LogP contribution >= 0.6 is 11.8 Å². The van der Waals surface area contributed by atoms with E-state index in [2.05, 4.69) is 10.2 Å². The molecule has 2 aromatic carbocycles. The SMILES string of the molecule is COc1ccc(-n2c(C(N)=O)nnc2-c2cc3c(cc2O)SCC3)cc1. The summed E-state index contributed by atoms with van der Waals surface area (Å²) in [7, 11) is 1.58. The second kappa shape index (κ2) is 6.38. The second-order valence-corrected chi connectivity index (χ2v) is 6.96. The van der Waals surface area contributed by atoms with Crippen LogP contribution in [0.1, 0.15) is 16.2 Å². The van der Waals surface area contributed by atoms with Crippen LogP contribution < -0.4 is 10.5 Å². The average Bonchev–Trinajstić information content (AvgIpc) is 3.27. The number of nitrogens with zero attached hydrogens (tertiary/aromatic N) is 3. The lowest BCUT2D eigenvalue weighted by molar-refractivity contribution is 0.0988. The third kappa shape index (κ3) is 2.68. The number of thioether (sulfide) groups is 1. The topological polar surface area (TPSA) is 103 Å². The predicted octanol–water partition coefficient (Wildman–Crippen LogP) is 2.40. The molecule has 7 nitrogen and oxygen atoms in total. The van der Waals surface area contributed by atoms with Gasteiger partial charge in [0.2, 0.25) is 5.82 Å². The van der Waals surface area contributed by atoms with E-state index in [9.17, 15) is 9.90 Å². The zero-order valence-electron chi connectivity index (χ0n) is 14.0.